The number of rotatable bonds is 5. The summed E-state index contributed by atoms with van der Waals surface area (Å²) in [5.41, 5.74) is -0.265. The standard InChI is InChI=1S/C16H21N3O3S/c1-16(15-17-13(10-21-2)22-18-15)6-4-7-19(11-16)14(20)9-12-5-3-8-23-12/h3,5,8H,4,6-7,9-11H2,1-2H3. The van der Waals surface area contributed by atoms with Gasteiger partial charge in [0.1, 0.15) is 6.61 Å². The number of carbonyl (C=O) groups is 1. The van der Waals surface area contributed by atoms with Gasteiger partial charge in [0.25, 0.3) is 5.89 Å². The first kappa shape index (κ1) is 16.1. The molecule has 0 aliphatic carbocycles. The molecule has 1 unspecified atom stereocenters. The first-order chi connectivity index (χ1) is 11.1. The minimum Gasteiger partial charge on any atom is -0.375 e. The number of nitrogens with zero attached hydrogens (tertiary/aromatic N) is 3. The van der Waals surface area contributed by atoms with Crippen molar-refractivity contribution in [1.29, 1.82) is 0 Å². The molecule has 3 rings (SSSR count). The van der Waals surface area contributed by atoms with Gasteiger partial charge in [0.2, 0.25) is 5.91 Å². The maximum absolute atomic E-state index is 12.5. The van der Waals surface area contributed by atoms with Crippen LogP contribution in [0.3, 0.4) is 0 Å². The first-order valence-corrected chi connectivity index (χ1v) is 8.61. The molecule has 1 fully saturated rings. The van der Waals surface area contributed by atoms with Gasteiger partial charge in [-0.2, -0.15) is 4.98 Å². The van der Waals surface area contributed by atoms with Crippen LogP contribution in [0.15, 0.2) is 22.0 Å². The SMILES string of the molecule is COCc1nc(C2(C)CCCN(C(=O)Cc3cccs3)C2)no1. The maximum atomic E-state index is 12.5. The van der Waals surface area contributed by atoms with E-state index in [1.54, 1.807) is 18.4 Å². The summed E-state index contributed by atoms with van der Waals surface area (Å²) in [6.07, 6.45) is 2.36. The zero-order valence-electron chi connectivity index (χ0n) is 13.4. The lowest BCUT2D eigenvalue weighted by Gasteiger charge is -2.38. The van der Waals surface area contributed by atoms with Gasteiger partial charge in [0, 0.05) is 30.5 Å². The predicted octanol–water partition coefficient (Wildman–Crippen LogP) is 2.40. The molecule has 124 valence electrons. The predicted molar refractivity (Wildman–Crippen MR) is 86.2 cm³/mol. The third kappa shape index (κ3) is 3.61. The van der Waals surface area contributed by atoms with Gasteiger partial charge in [0.15, 0.2) is 5.82 Å². The Labute approximate surface area is 139 Å². The van der Waals surface area contributed by atoms with Crippen molar-refractivity contribution in [3.63, 3.8) is 0 Å². The Morgan fingerprint density at radius 2 is 2.43 bits per heavy atom. The molecule has 6 nitrogen and oxygen atoms in total. The highest BCUT2D eigenvalue weighted by molar-refractivity contribution is 7.10. The molecule has 1 atom stereocenters. The highest BCUT2D eigenvalue weighted by atomic mass is 32.1. The lowest BCUT2D eigenvalue weighted by Crippen LogP contribution is -2.48. The molecule has 0 bridgehead atoms. The van der Waals surface area contributed by atoms with Gasteiger partial charge in [-0.25, -0.2) is 0 Å². The van der Waals surface area contributed by atoms with Crippen molar-refractivity contribution >= 4 is 17.2 Å². The second-order valence-corrected chi connectivity index (χ2v) is 7.21. The lowest BCUT2D eigenvalue weighted by atomic mass is 9.81. The van der Waals surface area contributed by atoms with E-state index in [1.165, 1.54) is 0 Å². The number of methoxy groups -OCH3 is 1. The third-order valence-corrected chi connectivity index (χ3v) is 5.11. The molecule has 2 aromatic heterocycles. The summed E-state index contributed by atoms with van der Waals surface area (Å²) < 4.78 is 10.2. The summed E-state index contributed by atoms with van der Waals surface area (Å²) in [4.78, 5) is 20.0. The fraction of sp³-hybridized carbons (Fsp3) is 0.562. The van der Waals surface area contributed by atoms with Crippen LogP contribution < -0.4 is 0 Å². The van der Waals surface area contributed by atoms with Crippen molar-refractivity contribution in [3.05, 3.63) is 34.1 Å². The van der Waals surface area contributed by atoms with Crippen LogP contribution in [0.2, 0.25) is 0 Å². The van der Waals surface area contributed by atoms with E-state index in [-0.39, 0.29) is 11.3 Å². The molecule has 7 heteroatoms. The van der Waals surface area contributed by atoms with Gasteiger partial charge >= 0.3 is 0 Å². The highest BCUT2D eigenvalue weighted by Gasteiger charge is 2.38. The van der Waals surface area contributed by atoms with Crippen molar-refractivity contribution in [1.82, 2.24) is 15.0 Å². The number of piperidine rings is 1. The number of hydrogen-bond donors (Lipinski definition) is 0. The number of ether oxygens (including phenoxy) is 1. The number of likely N-dealkylation sites (tertiary alicyclic amines) is 1. The average Bonchev–Trinajstić information content (AvgIpc) is 3.20. The van der Waals surface area contributed by atoms with Crippen LogP contribution in [0, 0.1) is 0 Å². The molecule has 1 saturated heterocycles. The number of hydrogen-bond acceptors (Lipinski definition) is 6. The number of amides is 1. The Morgan fingerprint density at radius 1 is 1.57 bits per heavy atom. The van der Waals surface area contributed by atoms with Crippen LogP contribution in [-0.4, -0.2) is 41.1 Å². The minimum absolute atomic E-state index is 0.166. The van der Waals surface area contributed by atoms with E-state index < -0.39 is 0 Å². The van der Waals surface area contributed by atoms with Crippen LogP contribution in [0.25, 0.3) is 0 Å². The van der Waals surface area contributed by atoms with Crippen molar-refractivity contribution in [3.8, 4) is 0 Å². The Bertz CT molecular complexity index is 655. The van der Waals surface area contributed by atoms with Crippen LogP contribution in [0.5, 0.6) is 0 Å². The lowest BCUT2D eigenvalue weighted by molar-refractivity contribution is -0.132. The van der Waals surface area contributed by atoms with Crippen molar-refractivity contribution < 1.29 is 14.1 Å². The average molecular weight is 335 g/mol. The van der Waals surface area contributed by atoms with Gasteiger partial charge in [-0.3, -0.25) is 4.79 Å². The Kier molecular flexibility index (Phi) is 4.77. The van der Waals surface area contributed by atoms with Gasteiger partial charge in [-0.15, -0.1) is 11.3 Å². The molecule has 3 heterocycles. The van der Waals surface area contributed by atoms with E-state index in [9.17, 15) is 4.79 Å². The summed E-state index contributed by atoms with van der Waals surface area (Å²) in [5, 5.41) is 6.10. The monoisotopic (exact) mass is 335 g/mol. The fourth-order valence-electron chi connectivity index (χ4n) is 2.99. The van der Waals surface area contributed by atoms with E-state index in [1.807, 2.05) is 22.4 Å². The molecule has 0 spiro atoms. The second-order valence-electron chi connectivity index (χ2n) is 6.18. The highest BCUT2D eigenvalue weighted by Crippen LogP contribution is 2.32. The quantitative estimate of drug-likeness (QED) is 0.839. The minimum atomic E-state index is -0.265. The normalized spacial score (nSPS) is 21.6. The molecule has 23 heavy (non-hydrogen) atoms. The van der Waals surface area contributed by atoms with Crippen molar-refractivity contribution in [2.75, 3.05) is 20.2 Å². The van der Waals surface area contributed by atoms with E-state index in [0.717, 1.165) is 24.3 Å². The number of carbonyl (C=O) groups excluding carboxylic acids is 1. The zero-order chi connectivity index (χ0) is 16.3. The van der Waals surface area contributed by atoms with Crippen LogP contribution >= 0.6 is 11.3 Å². The molecule has 1 aliphatic heterocycles. The van der Waals surface area contributed by atoms with Crippen LogP contribution in [-0.2, 0) is 28.0 Å². The third-order valence-electron chi connectivity index (χ3n) is 4.23. The number of aromatic nitrogens is 2. The molecular weight excluding hydrogens is 314 g/mol. The van der Waals surface area contributed by atoms with Gasteiger partial charge in [-0.1, -0.05) is 18.1 Å². The molecular formula is C16H21N3O3S. The molecule has 0 N–H and O–H groups in total. The van der Waals surface area contributed by atoms with Gasteiger partial charge in [-0.05, 0) is 24.3 Å². The summed E-state index contributed by atoms with van der Waals surface area (Å²) >= 11 is 1.62. The number of thiophene rings is 1. The second kappa shape index (κ2) is 6.80. The van der Waals surface area contributed by atoms with Crippen LogP contribution in [0.4, 0.5) is 0 Å². The Morgan fingerprint density at radius 3 is 3.17 bits per heavy atom. The molecule has 2 aromatic rings. The smallest absolute Gasteiger partial charge is 0.252 e. The van der Waals surface area contributed by atoms with Crippen molar-refractivity contribution in [2.24, 2.45) is 0 Å². The topological polar surface area (TPSA) is 68.5 Å². The van der Waals surface area contributed by atoms with E-state index in [4.69, 9.17) is 9.26 Å². The van der Waals surface area contributed by atoms with Gasteiger partial charge < -0.3 is 14.2 Å². The Hall–Kier alpha value is -1.73. The molecule has 1 aliphatic rings. The molecule has 0 radical (unpaired) electrons. The Balaban J connectivity index is 1.69. The summed E-state index contributed by atoms with van der Waals surface area (Å²) in [7, 11) is 1.59. The largest absolute Gasteiger partial charge is 0.375 e. The fourth-order valence-corrected chi connectivity index (χ4v) is 3.69. The first-order valence-electron chi connectivity index (χ1n) is 7.73. The van der Waals surface area contributed by atoms with E-state index in [2.05, 4.69) is 17.1 Å². The summed E-state index contributed by atoms with van der Waals surface area (Å²) in [6.45, 7) is 3.83. The molecule has 1 amide bonds. The summed E-state index contributed by atoms with van der Waals surface area (Å²) in [5.74, 6) is 1.31. The zero-order valence-corrected chi connectivity index (χ0v) is 14.3. The molecule has 0 saturated carbocycles. The molecule has 0 aromatic carbocycles. The maximum Gasteiger partial charge on any atom is 0.252 e. The summed E-state index contributed by atoms with van der Waals surface area (Å²) in [6, 6.07) is 3.98. The van der Waals surface area contributed by atoms with Crippen molar-refractivity contribution in [2.45, 2.75) is 38.2 Å². The van der Waals surface area contributed by atoms with Crippen LogP contribution in [0.1, 0.15) is 36.4 Å². The van der Waals surface area contributed by atoms with E-state index in [0.29, 0.717) is 31.3 Å². The van der Waals surface area contributed by atoms with E-state index >= 15 is 0 Å². The van der Waals surface area contributed by atoms with Gasteiger partial charge in [0.05, 0.1) is 6.42 Å².